The Hall–Kier alpha value is -1.77. The third-order valence-electron chi connectivity index (χ3n) is 5.46. The molecular formula is C16H17NO2. The Labute approximate surface area is 111 Å². The van der Waals surface area contributed by atoms with Crippen LogP contribution in [0.15, 0.2) is 30.5 Å². The third-order valence-corrected chi connectivity index (χ3v) is 5.46. The van der Waals surface area contributed by atoms with Gasteiger partial charge in [0, 0.05) is 17.1 Å². The smallest absolute Gasteiger partial charge is 0.309 e. The number of H-pyrrole nitrogens is 1. The van der Waals surface area contributed by atoms with Crippen LogP contribution in [0.25, 0.3) is 10.9 Å². The molecule has 4 rings (SSSR count). The van der Waals surface area contributed by atoms with Crippen molar-refractivity contribution in [2.24, 2.45) is 5.41 Å². The molecule has 2 aromatic rings. The SMILES string of the molecule is O=C(O)C12CCC(c3c[nH]c4ccccc34)(CC1)C2. The van der Waals surface area contributed by atoms with Crippen LogP contribution in [0.1, 0.15) is 37.7 Å². The maximum atomic E-state index is 11.5. The summed E-state index contributed by atoms with van der Waals surface area (Å²) in [6.45, 7) is 0. The Balaban J connectivity index is 1.84. The van der Waals surface area contributed by atoms with E-state index in [1.54, 1.807) is 0 Å². The quantitative estimate of drug-likeness (QED) is 0.863. The van der Waals surface area contributed by atoms with Crippen molar-refractivity contribution in [2.75, 3.05) is 0 Å². The van der Waals surface area contributed by atoms with Gasteiger partial charge in [-0.25, -0.2) is 0 Å². The topological polar surface area (TPSA) is 53.1 Å². The van der Waals surface area contributed by atoms with E-state index in [4.69, 9.17) is 0 Å². The van der Waals surface area contributed by atoms with Crippen molar-refractivity contribution in [3.05, 3.63) is 36.0 Å². The number of benzene rings is 1. The molecule has 1 heterocycles. The molecule has 0 aliphatic heterocycles. The summed E-state index contributed by atoms with van der Waals surface area (Å²) in [7, 11) is 0. The fourth-order valence-electron chi connectivity index (χ4n) is 4.37. The predicted octanol–water partition coefficient (Wildman–Crippen LogP) is 3.45. The number of aromatic nitrogens is 1. The maximum absolute atomic E-state index is 11.5. The van der Waals surface area contributed by atoms with Crippen molar-refractivity contribution in [3.8, 4) is 0 Å². The largest absolute Gasteiger partial charge is 0.481 e. The van der Waals surface area contributed by atoms with Crippen LogP contribution in [0.4, 0.5) is 0 Å². The molecule has 3 heteroatoms. The van der Waals surface area contributed by atoms with E-state index in [0.29, 0.717) is 0 Å². The van der Waals surface area contributed by atoms with Crippen molar-refractivity contribution in [1.82, 2.24) is 4.98 Å². The number of rotatable bonds is 2. The van der Waals surface area contributed by atoms with Gasteiger partial charge in [0.05, 0.1) is 5.41 Å². The number of para-hydroxylation sites is 1. The van der Waals surface area contributed by atoms with E-state index in [0.717, 1.165) is 37.6 Å². The van der Waals surface area contributed by atoms with Gasteiger partial charge in [-0.05, 0) is 49.1 Å². The van der Waals surface area contributed by atoms with Gasteiger partial charge in [-0.2, -0.15) is 0 Å². The molecule has 2 aliphatic carbocycles. The first-order valence-corrected chi connectivity index (χ1v) is 6.95. The van der Waals surface area contributed by atoms with E-state index in [9.17, 15) is 9.90 Å². The van der Waals surface area contributed by atoms with Crippen LogP contribution in [0, 0.1) is 5.41 Å². The number of carboxylic acid groups (broad SMARTS) is 1. The lowest BCUT2D eigenvalue weighted by Gasteiger charge is -2.26. The number of aliphatic carboxylic acids is 1. The van der Waals surface area contributed by atoms with E-state index in [2.05, 4.69) is 29.4 Å². The van der Waals surface area contributed by atoms with Crippen LogP contribution in [-0.2, 0) is 10.2 Å². The van der Waals surface area contributed by atoms with Gasteiger partial charge in [0.1, 0.15) is 0 Å². The molecule has 0 unspecified atom stereocenters. The van der Waals surface area contributed by atoms with Gasteiger partial charge in [-0.3, -0.25) is 4.79 Å². The third kappa shape index (κ3) is 1.30. The van der Waals surface area contributed by atoms with E-state index < -0.39 is 11.4 Å². The average Bonchev–Trinajstić information content (AvgIpc) is 3.11. The van der Waals surface area contributed by atoms with Crippen LogP contribution < -0.4 is 0 Å². The molecule has 0 atom stereocenters. The maximum Gasteiger partial charge on any atom is 0.309 e. The second-order valence-electron chi connectivity index (χ2n) is 6.29. The predicted molar refractivity (Wildman–Crippen MR) is 73.1 cm³/mol. The first-order valence-electron chi connectivity index (χ1n) is 6.95. The van der Waals surface area contributed by atoms with Gasteiger partial charge < -0.3 is 10.1 Å². The lowest BCUT2D eigenvalue weighted by molar-refractivity contribution is -0.148. The van der Waals surface area contributed by atoms with Gasteiger partial charge in [0.2, 0.25) is 0 Å². The number of fused-ring (bicyclic) bond motifs is 3. The normalized spacial score (nSPS) is 33.1. The van der Waals surface area contributed by atoms with Crippen LogP contribution in [0.3, 0.4) is 0 Å². The molecule has 1 aromatic heterocycles. The minimum Gasteiger partial charge on any atom is -0.481 e. The van der Waals surface area contributed by atoms with Crippen molar-refractivity contribution < 1.29 is 9.90 Å². The van der Waals surface area contributed by atoms with Crippen LogP contribution in [-0.4, -0.2) is 16.1 Å². The van der Waals surface area contributed by atoms with E-state index >= 15 is 0 Å². The molecule has 2 bridgehead atoms. The Morgan fingerprint density at radius 3 is 2.58 bits per heavy atom. The van der Waals surface area contributed by atoms with Crippen molar-refractivity contribution in [3.63, 3.8) is 0 Å². The Bertz CT molecular complexity index is 662. The second-order valence-corrected chi connectivity index (χ2v) is 6.29. The number of carboxylic acids is 1. The van der Waals surface area contributed by atoms with Gasteiger partial charge in [0.15, 0.2) is 0 Å². The summed E-state index contributed by atoms with van der Waals surface area (Å²) in [6, 6.07) is 8.33. The van der Waals surface area contributed by atoms with Gasteiger partial charge in [0.25, 0.3) is 0 Å². The Morgan fingerprint density at radius 2 is 1.89 bits per heavy atom. The summed E-state index contributed by atoms with van der Waals surface area (Å²) in [6.07, 6.45) is 6.62. The molecule has 0 amide bonds. The standard InChI is InChI=1S/C16H17NO2/c18-14(19)16-7-5-15(10-16,6-8-16)12-9-17-13-4-2-1-3-11(12)13/h1-4,9,17H,5-8,10H2,(H,18,19). The highest BCUT2D eigenvalue weighted by Gasteiger charge is 2.59. The summed E-state index contributed by atoms with van der Waals surface area (Å²) in [5, 5.41) is 10.8. The van der Waals surface area contributed by atoms with Crippen molar-refractivity contribution in [2.45, 2.75) is 37.5 Å². The molecule has 2 saturated carbocycles. The zero-order valence-electron chi connectivity index (χ0n) is 10.8. The second kappa shape index (κ2) is 3.41. The fourth-order valence-corrected chi connectivity index (χ4v) is 4.37. The van der Waals surface area contributed by atoms with E-state index in [1.165, 1.54) is 10.9 Å². The van der Waals surface area contributed by atoms with E-state index in [1.807, 2.05) is 6.07 Å². The minimum atomic E-state index is -0.591. The summed E-state index contributed by atoms with van der Waals surface area (Å²) < 4.78 is 0. The first-order chi connectivity index (χ1) is 9.15. The Kier molecular flexibility index (Phi) is 1.99. The van der Waals surface area contributed by atoms with Gasteiger partial charge in [-0.15, -0.1) is 0 Å². The first kappa shape index (κ1) is 11.1. The molecule has 98 valence electrons. The van der Waals surface area contributed by atoms with Gasteiger partial charge >= 0.3 is 5.97 Å². The molecule has 0 saturated heterocycles. The summed E-state index contributed by atoms with van der Waals surface area (Å²) in [5.74, 6) is -0.591. The molecular weight excluding hydrogens is 238 g/mol. The van der Waals surface area contributed by atoms with Crippen molar-refractivity contribution in [1.29, 1.82) is 0 Å². The highest BCUT2D eigenvalue weighted by atomic mass is 16.4. The van der Waals surface area contributed by atoms with Crippen LogP contribution in [0.2, 0.25) is 0 Å². The highest BCUT2D eigenvalue weighted by molar-refractivity contribution is 5.85. The molecule has 3 nitrogen and oxygen atoms in total. The molecule has 1 aromatic carbocycles. The molecule has 0 radical (unpaired) electrons. The minimum absolute atomic E-state index is 0.0952. The molecule has 0 spiro atoms. The molecule has 2 aliphatic rings. The number of hydrogen-bond acceptors (Lipinski definition) is 1. The van der Waals surface area contributed by atoms with Crippen molar-refractivity contribution >= 4 is 16.9 Å². The fraction of sp³-hybridized carbons (Fsp3) is 0.438. The van der Waals surface area contributed by atoms with Crippen LogP contribution >= 0.6 is 0 Å². The lowest BCUT2D eigenvalue weighted by atomic mass is 9.77. The summed E-state index contributed by atoms with van der Waals surface area (Å²) >= 11 is 0. The molecule has 19 heavy (non-hydrogen) atoms. The zero-order valence-corrected chi connectivity index (χ0v) is 10.8. The Morgan fingerprint density at radius 1 is 1.16 bits per heavy atom. The van der Waals surface area contributed by atoms with Gasteiger partial charge in [-0.1, -0.05) is 18.2 Å². The lowest BCUT2D eigenvalue weighted by Crippen LogP contribution is -2.25. The molecule has 2 fully saturated rings. The number of nitrogens with one attached hydrogen (secondary N) is 1. The number of carbonyl (C=O) groups is 1. The number of hydrogen-bond donors (Lipinski definition) is 2. The monoisotopic (exact) mass is 255 g/mol. The molecule has 2 N–H and O–H groups in total. The average molecular weight is 255 g/mol. The zero-order chi connectivity index (χ0) is 13.1. The van der Waals surface area contributed by atoms with E-state index in [-0.39, 0.29) is 5.41 Å². The summed E-state index contributed by atoms with van der Waals surface area (Å²) in [4.78, 5) is 14.9. The van der Waals surface area contributed by atoms with Crippen LogP contribution in [0.5, 0.6) is 0 Å². The summed E-state index contributed by atoms with van der Waals surface area (Å²) in [5.41, 5.74) is 2.14. The number of aromatic amines is 1. The highest BCUT2D eigenvalue weighted by Crippen LogP contribution is 2.63.